The molecule has 5 nitrogen and oxygen atoms in total. The highest BCUT2D eigenvalue weighted by molar-refractivity contribution is 7.13. The molecular weight excluding hydrogens is 302 g/mol. The fraction of sp³-hybridized carbons (Fsp3) is 0.500. The van der Waals surface area contributed by atoms with E-state index in [1.54, 1.807) is 22.3 Å². The van der Waals surface area contributed by atoms with Gasteiger partial charge in [-0.1, -0.05) is 0 Å². The normalized spacial score (nSPS) is 14.8. The van der Waals surface area contributed by atoms with E-state index >= 15 is 0 Å². The summed E-state index contributed by atoms with van der Waals surface area (Å²) in [5.74, 6) is -0.373. The summed E-state index contributed by atoms with van der Waals surface area (Å²) in [4.78, 5) is 27.1. The van der Waals surface area contributed by atoms with Gasteiger partial charge >= 0.3 is 12.1 Å². The number of amides is 1. The van der Waals surface area contributed by atoms with Crippen LogP contribution in [0.4, 0.5) is 4.79 Å². The Kier molecular flexibility index (Phi) is 4.90. The zero-order valence-corrected chi connectivity index (χ0v) is 14.2. The summed E-state index contributed by atoms with van der Waals surface area (Å²) >= 11 is 1.58. The smallest absolute Gasteiger partial charge is 0.410 e. The molecule has 22 heavy (non-hydrogen) atoms. The van der Waals surface area contributed by atoms with Crippen LogP contribution in [0.15, 0.2) is 12.1 Å². The molecule has 0 N–H and O–H groups in total. The van der Waals surface area contributed by atoms with E-state index in [9.17, 15) is 9.59 Å². The molecule has 0 spiro atoms. The number of hydrogen-bond acceptors (Lipinski definition) is 5. The molecule has 0 unspecified atom stereocenters. The first kappa shape index (κ1) is 16.5. The fourth-order valence-electron chi connectivity index (χ4n) is 2.13. The van der Waals surface area contributed by atoms with E-state index < -0.39 is 5.60 Å². The summed E-state index contributed by atoms with van der Waals surface area (Å²) in [6, 6.07) is 2.06. The Balaban J connectivity index is 2.05. The maximum Gasteiger partial charge on any atom is 0.410 e. The predicted octanol–water partition coefficient (Wildman–Crippen LogP) is 3.23. The summed E-state index contributed by atoms with van der Waals surface area (Å²) in [6.07, 6.45) is 3.67. The standard InChI is InChI=1S/C16H21NO4S/c1-16(2,3)21-15(19)17-8-7-11-9-12(22-13(11)10-17)5-6-14(18)20-4/h5-6,9H,7-8,10H2,1-4H3/b6-5+. The van der Waals surface area contributed by atoms with Crippen molar-refractivity contribution >= 4 is 29.5 Å². The van der Waals surface area contributed by atoms with Gasteiger partial charge in [-0.3, -0.25) is 0 Å². The van der Waals surface area contributed by atoms with Crippen LogP contribution in [0.5, 0.6) is 0 Å². The Hall–Kier alpha value is -1.82. The van der Waals surface area contributed by atoms with Gasteiger partial charge in [0.15, 0.2) is 0 Å². The van der Waals surface area contributed by atoms with E-state index in [0.29, 0.717) is 13.1 Å². The second-order valence-corrected chi connectivity index (χ2v) is 7.27. The lowest BCUT2D eigenvalue weighted by Gasteiger charge is -2.29. The summed E-state index contributed by atoms with van der Waals surface area (Å²) in [5, 5.41) is 0. The number of nitrogens with zero attached hydrogens (tertiary/aromatic N) is 1. The summed E-state index contributed by atoms with van der Waals surface area (Å²) < 4.78 is 9.99. The van der Waals surface area contributed by atoms with Crippen molar-refractivity contribution in [3.05, 3.63) is 27.5 Å². The third kappa shape index (κ3) is 4.34. The maximum atomic E-state index is 12.1. The topological polar surface area (TPSA) is 55.8 Å². The van der Waals surface area contributed by atoms with Crippen LogP contribution in [-0.2, 0) is 27.2 Å². The van der Waals surface area contributed by atoms with Crippen LogP contribution >= 0.6 is 11.3 Å². The maximum absolute atomic E-state index is 12.1. The van der Waals surface area contributed by atoms with Gasteiger partial charge in [-0.2, -0.15) is 0 Å². The van der Waals surface area contributed by atoms with Crippen LogP contribution in [0.3, 0.4) is 0 Å². The van der Waals surface area contributed by atoms with E-state index in [1.165, 1.54) is 18.7 Å². The number of hydrogen-bond donors (Lipinski definition) is 0. The van der Waals surface area contributed by atoms with Crippen molar-refractivity contribution in [3.63, 3.8) is 0 Å². The molecule has 0 fully saturated rings. The molecule has 1 aromatic heterocycles. The molecular formula is C16H21NO4S. The number of thiophene rings is 1. The summed E-state index contributed by atoms with van der Waals surface area (Å²) in [5.41, 5.74) is 0.746. The first-order chi connectivity index (χ1) is 10.3. The van der Waals surface area contributed by atoms with Gasteiger partial charge < -0.3 is 14.4 Å². The van der Waals surface area contributed by atoms with Crippen molar-refractivity contribution in [1.82, 2.24) is 4.90 Å². The van der Waals surface area contributed by atoms with Crippen molar-refractivity contribution < 1.29 is 19.1 Å². The van der Waals surface area contributed by atoms with Gasteiger partial charge in [0.1, 0.15) is 5.60 Å². The Morgan fingerprint density at radius 3 is 2.73 bits per heavy atom. The Morgan fingerprint density at radius 2 is 2.09 bits per heavy atom. The second-order valence-electron chi connectivity index (χ2n) is 6.11. The molecule has 6 heteroatoms. The molecule has 1 aliphatic rings. The number of rotatable bonds is 2. The largest absolute Gasteiger partial charge is 0.466 e. The van der Waals surface area contributed by atoms with Crippen LogP contribution in [0.25, 0.3) is 6.08 Å². The minimum Gasteiger partial charge on any atom is -0.466 e. The zero-order valence-electron chi connectivity index (χ0n) is 13.3. The molecule has 120 valence electrons. The van der Waals surface area contributed by atoms with Gasteiger partial charge in [0, 0.05) is 22.4 Å². The molecule has 0 bridgehead atoms. The van der Waals surface area contributed by atoms with Crippen LogP contribution < -0.4 is 0 Å². The van der Waals surface area contributed by atoms with Crippen LogP contribution in [-0.4, -0.2) is 36.2 Å². The molecule has 2 rings (SSSR count). The number of carbonyl (C=O) groups excluding carboxylic acids is 2. The minimum absolute atomic E-state index is 0.279. The lowest BCUT2D eigenvalue weighted by Crippen LogP contribution is -2.39. The molecule has 2 heterocycles. The highest BCUT2D eigenvalue weighted by atomic mass is 32.1. The second kappa shape index (κ2) is 6.52. The number of esters is 1. The van der Waals surface area contributed by atoms with Crippen molar-refractivity contribution in [2.75, 3.05) is 13.7 Å². The van der Waals surface area contributed by atoms with Gasteiger partial charge in [0.2, 0.25) is 0 Å². The van der Waals surface area contributed by atoms with E-state index in [-0.39, 0.29) is 12.1 Å². The monoisotopic (exact) mass is 323 g/mol. The molecule has 0 aliphatic carbocycles. The molecule has 1 aliphatic heterocycles. The number of methoxy groups -OCH3 is 1. The quantitative estimate of drug-likeness (QED) is 0.619. The highest BCUT2D eigenvalue weighted by Gasteiger charge is 2.26. The SMILES string of the molecule is COC(=O)/C=C/c1cc2c(s1)CN(C(=O)OC(C)(C)C)CC2. The molecule has 1 aromatic rings. The van der Waals surface area contributed by atoms with Crippen LogP contribution in [0, 0.1) is 0 Å². The average Bonchev–Trinajstić information content (AvgIpc) is 2.84. The summed E-state index contributed by atoms with van der Waals surface area (Å²) in [6.45, 7) is 6.79. The average molecular weight is 323 g/mol. The molecule has 0 atom stereocenters. The molecule has 0 aromatic carbocycles. The van der Waals surface area contributed by atoms with E-state index in [2.05, 4.69) is 10.8 Å². The Labute approximate surface area is 134 Å². The van der Waals surface area contributed by atoms with Crippen LogP contribution in [0.1, 0.15) is 36.1 Å². The van der Waals surface area contributed by atoms with Crippen LogP contribution in [0.2, 0.25) is 0 Å². The lowest BCUT2D eigenvalue weighted by molar-refractivity contribution is -0.134. The minimum atomic E-state index is -0.485. The van der Waals surface area contributed by atoms with Crippen molar-refractivity contribution in [1.29, 1.82) is 0 Å². The lowest BCUT2D eigenvalue weighted by atomic mass is 10.1. The molecule has 0 radical (unpaired) electrons. The van der Waals surface area contributed by atoms with Crippen molar-refractivity contribution in [3.8, 4) is 0 Å². The number of ether oxygens (including phenoxy) is 2. The number of fused-ring (bicyclic) bond motifs is 1. The zero-order chi connectivity index (χ0) is 16.3. The number of carbonyl (C=O) groups is 2. The van der Waals surface area contributed by atoms with Gasteiger partial charge in [0.25, 0.3) is 0 Å². The van der Waals surface area contributed by atoms with Gasteiger partial charge in [-0.25, -0.2) is 9.59 Å². The third-order valence-corrected chi connectivity index (χ3v) is 4.27. The summed E-state index contributed by atoms with van der Waals surface area (Å²) in [7, 11) is 1.35. The fourth-order valence-corrected chi connectivity index (χ4v) is 3.26. The van der Waals surface area contributed by atoms with E-state index in [1.807, 2.05) is 20.8 Å². The van der Waals surface area contributed by atoms with Crippen molar-refractivity contribution in [2.24, 2.45) is 0 Å². The highest BCUT2D eigenvalue weighted by Crippen LogP contribution is 2.29. The van der Waals surface area contributed by atoms with E-state index in [4.69, 9.17) is 4.74 Å². The van der Waals surface area contributed by atoms with E-state index in [0.717, 1.165) is 16.2 Å². The van der Waals surface area contributed by atoms with Gasteiger partial charge in [-0.15, -0.1) is 11.3 Å². The van der Waals surface area contributed by atoms with Gasteiger partial charge in [0.05, 0.1) is 13.7 Å². The van der Waals surface area contributed by atoms with Crippen molar-refractivity contribution in [2.45, 2.75) is 39.3 Å². The third-order valence-electron chi connectivity index (χ3n) is 3.14. The Morgan fingerprint density at radius 1 is 1.36 bits per heavy atom. The van der Waals surface area contributed by atoms with Gasteiger partial charge in [-0.05, 0) is 44.9 Å². The molecule has 0 saturated carbocycles. The predicted molar refractivity (Wildman–Crippen MR) is 85.7 cm³/mol. The first-order valence-corrected chi connectivity index (χ1v) is 7.95. The Bertz CT molecular complexity index is 598. The molecule has 1 amide bonds. The molecule has 0 saturated heterocycles. The first-order valence-electron chi connectivity index (χ1n) is 7.14.